The van der Waals surface area contributed by atoms with E-state index in [1.807, 2.05) is 11.4 Å². The van der Waals surface area contributed by atoms with Crippen LogP contribution in [0.1, 0.15) is 4.88 Å². The van der Waals surface area contributed by atoms with Gasteiger partial charge in [-0.1, -0.05) is 0 Å². The minimum Gasteiger partial charge on any atom is -0.391 e. The molecule has 0 fully saturated rings. The third-order valence-corrected chi connectivity index (χ3v) is 3.12. The van der Waals surface area contributed by atoms with Gasteiger partial charge in [0.2, 0.25) is 0 Å². The normalized spacial score (nSPS) is 9.75. The average Bonchev–Trinajstić information content (AvgIpc) is 2.14. The van der Waals surface area contributed by atoms with E-state index in [0.717, 1.165) is 8.45 Å². The quantitative estimate of drug-likeness (QED) is 0.742. The molecule has 0 amide bonds. The molecule has 1 N–H and O–H groups in total. The van der Waals surface area contributed by atoms with Gasteiger partial charge in [0, 0.05) is 8.45 Å². The molecule has 0 aliphatic carbocycles. The van der Waals surface area contributed by atoms with Gasteiger partial charge in [0.1, 0.15) is 0 Å². The van der Waals surface area contributed by atoms with Crippen molar-refractivity contribution in [3.05, 3.63) is 19.9 Å². The van der Waals surface area contributed by atoms with Gasteiger partial charge in [-0.15, -0.1) is 11.3 Å². The monoisotopic (exact) mass is 240 g/mol. The molecule has 0 unspecified atom stereocenters. The van der Waals surface area contributed by atoms with Crippen molar-refractivity contribution in [2.45, 2.75) is 6.61 Å². The lowest BCUT2D eigenvalue weighted by molar-refractivity contribution is 0.285. The maximum atomic E-state index is 8.61. The van der Waals surface area contributed by atoms with E-state index in [1.54, 1.807) is 11.3 Å². The van der Waals surface area contributed by atoms with E-state index >= 15 is 0 Å². The first-order chi connectivity index (χ1) is 3.84. The zero-order chi connectivity index (χ0) is 5.98. The summed E-state index contributed by atoms with van der Waals surface area (Å²) in [7, 11) is 0. The Kier molecular flexibility index (Phi) is 2.27. The number of hydrogen-bond donors (Lipinski definition) is 1. The molecule has 0 bridgehead atoms. The Morgan fingerprint density at radius 3 is 2.75 bits per heavy atom. The summed E-state index contributed by atoms with van der Waals surface area (Å²) in [4.78, 5) is 1.06. The zero-order valence-corrected chi connectivity index (χ0v) is 7.07. The van der Waals surface area contributed by atoms with E-state index in [-0.39, 0.29) is 6.61 Å². The van der Waals surface area contributed by atoms with Crippen molar-refractivity contribution in [3.8, 4) is 0 Å². The molecule has 0 aliphatic rings. The summed E-state index contributed by atoms with van der Waals surface area (Å²) in [6, 6.07) is 2.00. The van der Waals surface area contributed by atoms with Crippen LogP contribution in [0.5, 0.6) is 0 Å². The van der Waals surface area contributed by atoms with Gasteiger partial charge in [-0.3, -0.25) is 0 Å². The highest BCUT2D eigenvalue weighted by atomic mass is 127. The SMILES string of the molecule is OCc1sccc1I. The van der Waals surface area contributed by atoms with Crippen molar-refractivity contribution >= 4 is 33.9 Å². The standard InChI is InChI=1S/C5H5IOS/c6-4-1-2-8-5(4)3-7/h1-2,7H,3H2. The molecule has 1 heterocycles. The second-order valence-corrected chi connectivity index (χ2v) is 3.51. The highest BCUT2D eigenvalue weighted by Gasteiger charge is 1.95. The summed E-state index contributed by atoms with van der Waals surface area (Å²) < 4.78 is 1.16. The van der Waals surface area contributed by atoms with Crippen LogP contribution < -0.4 is 0 Å². The Hall–Kier alpha value is 0.390. The van der Waals surface area contributed by atoms with Gasteiger partial charge >= 0.3 is 0 Å². The molecule has 1 rings (SSSR count). The van der Waals surface area contributed by atoms with Crippen LogP contribution in [0.4, 0.5) is 0 Å². The van der Waals surface area contributed by atoms with Crippen molar-refractivity contribution in [2.75, 3.05) is 0 Å². The molecule has 44 valence electrons. The van der Waals surface area contributed by atoms with Crippen molar-refractivity contribution in [3.63, 3.8) is 0 Å². The number of aliphatic hydroxyl groups is 1. The summed E-state index contributed by atoms with van der Waals surface area (Å²) in [6.07, 6.45) is 0. The molecule has 1 nitrogen and oxygen atoms in total. The molecule has 1 aromatic heterocycles. The van der Waals surface area contributed by atoms with Crippen LogP contribution in [-0.2, 0) is 6.61 Å². The van der Waals surface area contributed by atoms with Gasteiger partial charge < -0.3 is 5.11 Å². The first kappa shape index (κ1) is 6.51. The molecule has 0 radical (unpaired) electrons. The Morgan fingerprint density at radius 1 is 1.75 bits per heavy atom. The molecule has 8 heavy (non-hydrogen) atoms. The van der Waals surface area contributed by atoms with Crippen molar-refractivity contribution in [1.82, 2.24) is 0 Å². The van der Waals surface area contributed by atoms with E-state index in [2.05, 4.69) is 22.6 Å². The summed E-state index contributed by atoms with van der Waals surface area (Å²) in [5.74, 6) is 0. The number of halogens is 1. The van der Waals surface area contributed by atoms with Gasteiger partial charge in [0.25, 0.3) is 0 Å². The first-order valence-electron chi connectivity index (χ1n) is 2.17. The fourth-order valence-corrected chi connectivity index (χ4v) is 2.04. The molecular weight excluding hydrogens is 235 g/mol. The Morgan fingerprint density at radius 2 is 2.50 bits per heavy atom. The minimum atomic E-state index is 0.177. The van der Waals surface area contributed by atoms with Crippen LogP contribution in [-0.4, -0.2) is 5.11 Å². The first-order valence-corrected chi connectivity index (χ1v) is 4.13. The molecule has 3 heteroatoms. The van der Waals surface area contributed by atoms with Crippen molar-refractivity contribution in [2.24, 2.45) is 0 Å². The number of rotatable bonds is 1. The largest absolute Gasteiger partial charge is 0.391 e. The van der Waals surface area contributed by atoms with Gasteiger partial charge in [-0.25, -0.2) is 0 Å². The second kappa shape index (κ2) is 2.80. The number of hydrogen-bond acceptors (Lipinski definition) is 2. The number of aliphatic hydroxyl groups excluding tert-OH is 1. The molecule has 0 spiro atoms. The molecule has 0 aliphatic heterocycles. The zero-order valence-electron chi connectivity index (χ0n) is 4.10. The van der Waals surface area contributed by atoms with E-state index in [9.17, 15) is 0 Å². The van der Waals surface area contributed by atoms with Gasteiger partial charge in [-0.2, -0.15) is 0 Å². The van der Waals surface area contributed by atoms with E-state index in [4.69, 9.17) is 5.11 Å². The molecule has 0 atom stereocenters. The lowest BCUT2D eigenvalue weighted by Gasteiger charge is -1.85. The maximum Gasteiger partial charge on any atom is 0.0785 e. The smallest absolute Gasteiger partial charge is 0.0785 e. The highest BCUT2D eigenvalue weighted by molar-refractivity contribution is 14.1. The third kappa shape index (κ3) is 1.21. The fraction of sp³-hybridized carbons (Fsp3) is 0.200. The Balaban J connectivity index is 2.92. The second-order valence-electron chi connectivity index (χ2n) is 1.35. The van der Waals surface area contributed by atoms with E-state index < -0.39 is 0 Å². The maximum absolute atomic E-state index is 8.61. The van der Waals surface area contributed by atoms with Crippen LogP contribution in [0.15, 0.2) is 11.4 Å². The van der Waals surface area contributed by atoms with Crippen LogP contribution in [0.2, 0.25) is 0 Å². The molecule has 0 saturated carbocycles. The summed E-state index contributed by atoms with van der Waals surface area (Å²) >= 11 is 3.80. The van der Waals surface area contributed by atoms with Gasteiger partial charge in [0.15, 0.2) is 0 Å². The summed E-state index contributed by atoms with van der Waals surface area (Å²) in [5, 5.41) is 10.6. The van der Waals surface area contributed by atoms with Gasteiger partial charge in [0.05, 0.1) is 6.61 Å². The predicted molar refractivity (Wildman–Crippen MR) is 43.0 cm³/mol. The summed E-state index contributed by atoms with van der Waals surface area (Å²) in [5.41, 5.74) is 0. The molecular formula is C5H5IOS. The highest BCUT2D eigenvalue weighted by Crippen LogP contribution is 2.17. The van der Waals surface area contributed by atoms with Crippen LogP contribution in [0.3, 0.4) is 0 Å². The van der Waals surface area contributed by atoms with E-state index in [0.29, 0.717) is 0 Å². The third-order valence-electron chi connectivity index (χ3n) is 0.835. The number of thiophene rings is 1. The van der Waals surface area contributed by atoms with Crippen LogP contribution >= 0.6 is 33.9 Å². The van der Waals surface area contributed by atoms with E-state index in [1.165, 1.54) is 0 Å². The lowest BCUT2D eigenvalue weighted by atomic mass is 10.5. The topological polar surface area (TPSA) is 20.2 Å². The van der Waals surface area contributed by atoms with Crippen LogP contribution in [0.25, 0.3) is 0 Å². The summed E-state index contributed by atoms with van der Waals surface area (Å²) in [6.45, 7) is 0.177. The molecule has 1 aromatic rings. The molecule has 0 saturated heterocycles. The predicted octanol–water partition coefficient (Wildman–Crippen LogP) is 1.85. The van der Waals surface area contributed by atoms with Gasteiger partial charge in [-0.05, 0) is 34.0 Å². The minimum absolute atomic E-state index is 0.177. The molecule has 0 aromatic carbocycles. The Bertz CT molecular complexity index is 173. The lowest BCUT2D eigenvalue weighted by Crippen LogP contribution is -1.76. The average molecular weight is 240 g/mol. The Labute approximate surface area is 65.5 Å². The van der Waals surface area contributed by atoms with Crippen molar-refractivity contribution < 1.29 is 5.11 Å². The fourth-order valence-electron chi connectivity index (χ4n) is 0.438. The van der Waals surface area contributed by atoms with Crippen LogP contribution in [0, 0.1) is 3.57 Å². The van der Waals surface area contributed by atoms with Crippen molar-refractivity contribution in [1.29, 1.82) is 0 Å².